The number of aryl methyl sites for hydroxylation is 1. The van der Waals surface area contributed by atoms with Crippen molar-refractivity contribution in [2.45, 2.75) is 32.7 Å². The number of benzene rings is 2. The fraction of sp³-hybridized carbons (Fsp3) is 0.400. The molecule has 172 valence electrons. The second-order valence-corrected chi connectivity index (χ2v) is 9.66. The molecule has 0 spiro atoms. The summed E-state index contributed by atoms with van der Waals surface area (Å²) in [5.41, 5.74) is 2.25. The van der Waals surface area contributed by atoms with Gasteiger partial charge in [0.05, 0.1) is 12.5 Å². The monoisotopic (exact) mass is 473 g/mol. The number of amides is 1. The SMILES string of the molecule is CCOC(=O)[C@H](CSCCc1ccccc1)NC(=O)C(CSC(C)=O)Cc1ccccc1. The van der Waals surface area contributed by atoms with Crippen LogP contribution < -0.4 is 5.32 Å². The molecule has 0 saturated carbocycles. The van der Waals surface area contributed by atoms with E-state index in [9.17, 15) is 14.4 Å². The maximum absolute atomic E-state index is 13.1. The summed E-state index contributed by atoms with van der Waals surface area (Å²) < 4.78 is 5.19. The first-order valence-electron chi connectivity index (χ1n) is 10.8. The zero-order valence-corrected chi connectivity index (χ0v) is 20.3. The molecule has 0 bridgehead atoms. The smallest absolute Gasteiger partial charge is 0.329 e. The van der Waals surface area contributed by atoms with E-state index in [-0.39, 0.29) is 17.6 Å². The number of nitrogens with one attached hydrogen (secondary N) is 1. The number of thioether (sulfide) groups is 2. The van der Waals surface area contributed by atoms with Crippen molar-refractivity contribution in [1.82, 2.24) is 5.32 Å². The van der Waals surface area contributed by atoms with E-state index in [0.717, 1.165) is 29.5 Å². The predicted molar refractivity (Wildman–Crippen MR) is 133 cm³/mol. The first-order chi connectivity index (χ1) is 15.5. The van der Waals surface area contributed by atoms with Crippen LogP contribution in [0.25, 0.3) is 0 Å². The molecule has 2 atom stereocenters. The molecule has 0 saturated heterocycles. The molecule has 2 aromatic rings. The zero-order valence-electron chi connectivity index (χ0n) is 18.6. The summed E-state index contributed by atoms with van der Waals surface area (Å²) in [5, 5.41) is 2.85. The van der Waals surface area contributed by atoms with Crippen molar-refractivity contribution in [3.05, 3.63) is 71.8 Å². The van der Waals surface area contributed by atoms with E-state index in [2.05, 4.69) is 17.4 Å². The van der Waals surface area contributed by atoms with Gasteiger partial charge in [-0.2, -0.15) is 11.8 Å². The molecule has 1 amide bonds. The highest BCUT2D eigenvalue weighted by molar-refractivity contribution is 8.13. The summed E-state index contributed by atoms with van der Waals surface area (Å²) in [6.07, 6.45) is 1.39. The highest BCUT2D eigenvalue weighted by Gasteiger charge is 2.27. The molecule has 32 heavy (non-hydrogen) atoms. The predicted octanol–water partition coefficient (Wildman–Crippen LogP) is 4.15. The van der Waals surface area contributed by atoms with E-state index >= 15 is 0 Å². The van der Waals surface area contributed by atoms with E-state index in [1.54, 1.807) is 18.7 Å². The van der Waals surface area contributed by atoms with Crippen LogP contribution in [-0.2, 0) is 32.0 Å². The molecule has 5 nitrogen and oxygen atoms in total. The summed E-state index contributed by atoms with van der Waals surface area (Å²) in [5.74, 6) is 0.568. The van der Waals surface area contributed by atoms with Crippen molar-refractivity contribution >= 4 is 40.5 Å². The molecule has 1 N–H and O–H groups in total. The van der Waals surface area contributed by atoms with Crippen molar-refractivity contribution in [1.29, 1.82) is 0 Å². The van der Waals surface area contributed by atoms with Crippen LogP contribution in [0.1, 0.15) is 25.0 Å². The Kier molecular flexibility index (Phi) is 12.0. The Hall–Kier alpha value is -2.25. The third kappa shape index (κ3) is 9.92. The average molecular weight is 474 g/mol. The molecule has 2 aromatic carbocycles. The van der Waals surface area contributed by atoms with Crippen molar-refractivity contribution in [3.63, 3.8) is 0 Å². The molecule has 2 rings (SSSR count). The summed E-state index contributed by atoms with van der Waals surface area (Å²) in [6, 6.07) is 19.1. The Labute approximate surface area is 199 Å². The molecule has 1 unspecified atom stereocenters. The molecular weight excluding hydrogens is 442 g/mol. The van der Waals surface area contributed by atoms with Gasteiger partial charge in [0.25, 0.3) is 0 Å². The molecule has 7 heteroatoms. The lowest BCUT2D eigenvalue weighted by Crippen LogP contribution is -2.47. The normalized spacial score (nSPS) is 12.6. The highest BCUT2D eigenvalue weighted by atomic mass is 32.2. The maximum atomic E-state index is 13.1. The Morgan fingerprint density at radius 1 is 0.938 bits per heavy atom. The number of esters is 1. The topological polar surface area (TPSA) is 72.5 Å². The molecule has 0 fully saturated rings. The van der Waals surface area contributed by atoms with E-state index in [1.807, 2.05) is 48.5 Å². The Morgan fingerprint density at radius 2 is 1.56 bits per heavy atom. The molecule has 0 aliphatic heterocycles. The summed E-state index contributed by atoms with van der Waals surface area (Å²) >= 11 is 2.74. The first kappa shape index (κ1) is 26.0. The Morgan fingerprint density at radius 3 is 2.16 bits per heavy atom. The van der Waals surface area contributed by atoms with Gasteiger partial charge in [-0.15, -0.1) is 0 Å². The molecule has 0 aliphatic rings. The third-order valence-electron chi connectivity index (χ3n) is 4.73. The quantitative estimate of drug-likeness (QED) is 0.348. The molecule has 0 aliphatic carbocycles. The summed E-state index contributed by atoms with van der Waals surface area (Å²) in [7, 11) is 0. The van der Waals surface area contributed by atoms with Gasteiger partial charge in [-0.3, -0.25) is 9.59 Å². The summed E-state index contributed by atoms with van der Waals surface area (Å²) in [6.45, 7) is 3.50. The van der Waals surface area contributed by atoms with Crippen LogP contribution in [0.4, 0.5) is 0 Å². The highest BCUT2D eigenvalue weighted by Crippen LogP contribution is 2.17. The van der Waals surface area contributed by atoms with Crippen LogP contribution in [0, 0.1) is 5.92 Å². The van der Waals surface area contributed by atoms with E-state index in [4.69, 9.17) is 4.74 Å². The van der Waals surface area contributed by atoms with Gasteiger partial charge in [0.15, 0.2) is 5.12 Å². The standard InChI is InChI=1S/C25H31NO4S2/c1-3-30-25(29)23(18-31-15-14-20-10-6-4-7-11-20)26-24(28)22(17-32-19(2)27)16-21-12-8-5-9-13-21/h4-13,22-23H,3,14-18H2,1-2H3,(H,26,28)/t22?,23-/m0/s1. The van der Waals surface area contributed by atoms with E-state index in [1.165, 1.54) is 12.5 Å². The van der Waals surface area contributed by atoms with Gasteiger partial charge in [0.1, 0.15) is 6.04 Å². The summed E-state index contributed by atoms with van der Waals surface area (Å²) in [4.78, 5) is 37.0. The van der Waals surface area contributed by atoms with Crippen molar-refractivity contribution < 1.29 is 19.1 Å². The molecule has 0 heterocycles. The zero-order chi connectivity index (χ0) is 23.2. The molecular formula is C25H31NO4S2. The third-order valence-corrected chi connectivity index (χ3v) is 6.77. The minimum Gasteiger partial charge on any atom is -0.464 e. The van der Waals surface area contributed by atoms with Gasteiger partial charge < -0.3 is 10.1 Å². The van der Waals surface area contributed by atoms with E-state index < -0.39 is 17.9 Å². The van der Waals surface area contributed by atoms with Crippen LogP contribution in [0.3, 0.4) is 0 Å². The lowest BCUT2D eigenvalue weighted by Gasteiger charge is -2.21. The number of rotatable bonds is 13. The number of hydrogen-bond donors (Lipinski definition) is 1. The van der Waals surface area contributed by atoms with Gasteiger partial charge in [0, 0.05) is 18.4 Å². The number of carbonyl (C=O) groups excluding carboxylic acids is 3. The van der Waals surface area contributed by atoms with Gasteiger partial charge in [-0.25, -0.2) is 4.79 Å². The lowest BCUT2D eigenvalue weighted by molar-refractivity contribution is -0.147. The van der Waals surface area contributed by atoms with Gasteiger partial charge >= 0.3 is 5.97 Å². The van der Waals surface area contributed by atoms with Crippen LogP contribution in [-0.4, -0.2) is 46.9 Å². The van der Waals surface area contributed by atoms with Gasteiger partial charge in [-0.1, -0.05) is 72.4 Å². The first-order valence-corrected chi connectivity index (χ1v) is 12.9. The minimum atomic E-state index is -0.719. The van der Waals surface area contributed by atoms with Gasteiger partial charge in [0.2, 0.25) is 5.91 Å². The lowest BCUT2D eigenvalue weighted by atomic mass is 10.00. The second-order valence-electron chi connectivity index (χ2n) is 7.31. The maximum Gasteiger partial charge on any atom is 0.329 e. The van der Waals surface area contributed by atoms with Crippen LogP contribution >= 0.6 is 23.5 Å². The van der Waals surface area contributed by atoms with E-state index in [0.29, 0.717) is 17.9 Å². The second kappa shape index (κ2) is 14.7. The van der Waals surface area contributed by atoms with Gasteiger partial charge in [-0.05, 0) is 36.6 Å². The number of ether oxygens (including phenoxy) is 1. The fourth-order valence-corrected chi connectivity index (χ4v) is 4.79. The van der Waals surface area contributed by atoms with Crippen molar-refractivity contribution in [2.75, 3.05) is 23.9 Å². The van der Waals surface area contributed by atoms with Crippen LogP contribution in [0.5, 0.6) is 0 Å². The van der Waals surface area contributed by atoms with Crippen molar-refractivity contribution in [3.8, 4) is 0 Å². The number of carbonyl (C=O) groups is 3. The number of hydrogen-bond acceptors (Lipinski definition) is 6. The molecule has 0 aromatic heterocycles. The Bertz CT molecular complexity index is 846. The minimum absolute atomic E-state index is 0.0331. The Balaban J connectivity index is 1.98. The van der Waals surface area contributed by atoms with Crippen molar-refractivity contribution in [2.24, 2.45) is 5.92 Å². The van der Waals surface area contributed by atoms with Crippen LogP contribution in [0.2, 0.25) is 0 Å². The largest absolute Gasteiger partial charge is 0.464 e. The fourth-order valence-electron chi connectivity index (χ4n) is 3.08. The molecule has 0 radical (unpaired) electrons. The van der Waals surface area contributed by atoms with Crippen LogP contribution in [0.15, 0.2) is 60.7 Å². The average Bonchev–Trinajstić information content (AvgIpc) is 2.79.